The molecule has 0 atom stereocenters. The minimum Gasteiger partial charge on any atom is -0.323 e. The smallest absolute Gasteiger partial charge is 0.321 e. The summed E-state index contributed by atoms with van der Waals surface area (Å²) in [5, 5.41) is 2.82. The first-order valence-electron chi connectivity index (χ1n) is 9.77. The molecule has 152 valence electrons. The van der Waals surface area contributed by atoms with Crippen LogP contribution in [0.25, 0.3) is 0 Å². The van der Waals surface area contributed by atoms with E-state index in [-0.39, 0.29) is 17.8 Å². The fourth-order valence-corrected chi connectivity index (χ4v) is 3.59. The van der Waals surface area contributed by atoms with Crippen LogP contribution in [0, 0.1) is 5.82 Å². The molecular weight excluding hydrogens is 381 g/mol. The topological polar surface area (TPSA) is 52.7 Å². The third kappa shape index (κ3) is 4.17. The van der Waals surface area contributed by atoms with Crippen molar-refractivity contribution in [3.8, 4) is 0 Å². The van der Waals surface area contributed by atoms with Crippen LogP contribution in [0.2, 0.25) is 0 Å². The number of amides is 3. The lowest BCUT2D eigenvalue weighted by molar-refractivity contribution is 0.0989. The highest BCUT2D eigenvalue weighted by molar-refractivity contribution is 6.08. The van der Waals surface area contributed by atoms with Crippen LogP contribution < -0.4 is 10.2 Å². The van der Waals surface area contributed by atoms with Crippen molar-refractivity contribution in [2.45, 2.75) is 13.0 Å². The van der Waals surface area contributed by atoms with Gasteiger partial charge in [-0.3, -0.25) is 4.79 Å². The molecule has 4 rings (SSSR count). The number of urea groups is 1. The highest BCUT2D eigenvalue weighted by Crippen LogP contribution is 2.29. The Morgan fingerprint density at radius 3 is 2.60 bits per heavy atom. The predicted octanol–water partition coefficient (Wildman–Crippen LogP) is 4.69. The largest absolute Gasteiger partial charge is 0.323 e. The molecule has 3 aromatic rings. The Labute approximate surface area is 174 Å². The van der Waals surface area contributed by atoms with Gasteiger partial charge < -0.3 is 15.1 Å². The Balaban J connectivity index is 1.44. The third-order valence-corrected chi connectivity index (χ3v) is 5.17. The maximum absolute atomic E-state index is 13.0. The monoisotopic (exact) mass is 403 g/mol. The zero-order valence-electron chi connectivity index (χ0n) is 16.6. The Morgan fingerprint density at radius 2 is 1.80 bits per heavy atom. The van der Waals surface area contributed by atoms with E-state index in [2.05, 4.69) is 5.32 Å². The molecule has 0 spiro atoms. The molecule has 5 nitrogen and oxygen atoms in total. The van der Waals surface area contributed by atoms with E-state index in [9.17, 15) is 14.0 Å². The van der Waals surface area contributed by atoms with Crippen molar-refractivity contribution in [1.82, 2.24) is 4.90 Å². The summed E-state index contributed by atoms with van der Waals surface area (Å²) in [6, 6.07) is 20.6. The number of anilines is 2. The number of benzene rings is 3. The van der Waals surface area contributed by atoms with Crippen molar-refractivity contribution in [2.24, 2.45) is 0 Å². The van der Waals surface area contributed by atoms with Gasteiger partial charge in [-0.2, -0.15) is 0 Å². The van der Waals surface area contributed by atoms with Gasteiger partial charge in [0, 0.05) is 37.1 Å². The minimum atomic E-state index is -0.312. The molecule has 1 N–H and O–H groups in total. The lowest BCUT2D eigenvalue weighted by Gasteiger charge is -2.20. The van der Waals surface area contributed by atoms with E-state index in [0.717, 1.165) is 23.2 Å². The number of carbonyl (C=O) groups is 2. The number of nitrogens with one attached hydrogen (secondary N) is 1. The highest BCUT2D eigenvalue weighted by Gasteiger charge is 2.25. The number of nitrogens with zero attached hydrogens (tertiary/aromatic N) is 2. The van der Waals surface area contributed by atoms with Gasteiger partial charge in [-0.15, -0.1) is 0 Å². The van der Waals surface area contributed by atoms with Gasteiger partial charge in [-0.25, -0.2) is 9.18 Å². The summed E-state index contributed by atoms with van der Waals surface area (Å²) in [5.74, 6) is -0.399. The second-order valence-electron chi connectivity index (χ2n) is 7.33. The molecule has 0 saturated heterocycles. The van der Waals surface area contributed by atoms with Crippen LogP contribution >= 0.6 is 0 Å². The van der Waals surface area contributed by atoms with Gasteiger partial charge in [-0.05, 0) is 53.9 Å². The van der Waals surface area contributed by atoms with Crippen molar-refractivity contribution in [3.05, 3.63) is 95.3 Å². The van der Waals surface area contributed by atoms with Gasteiger partial charge in [0.1, 0.15) is 5.82 Å². The second kappa shape index (κ2) is 8.37. The SMILES string of the molecule is CN(Cc1ccc(F)cc1)C(=O)Nc1cccc(C(=O)N2CCc3ccccc32)c1. The molecule has 30 heavy (non-hydrogen) atoms. The van der Waals surface area contributed by atoms with E-state index in [1.807, 2.05) is 24.3 Å². The zero-order chi connectivity index (χ0) is 21.1. The van der Waals surface area contributed by atoms with Crippen LogP contribution in [-0.4, -0.2) is 30.4 Å². The number of halogens is 1. The first kappa shape index (κ1) is 19.6. The summed E-state index contributed by atoms with van der Waals surface area (Å²) < 4.78 is 13.0. The predicted molar refractivity (Wildman–Crippen MR) is 115 cm³/mol. The molecule has 3 aromatic carbocycles. The van der Waals surface area contributed by atoms with Gasteiger partial charge in [0.2, 0.25) is 0 Å². The van der Waals surface area contributed by atoms with Crippen molar-refractivity contribution in [1.29, 1.82) is 0 Å². The van der Waals surface area contributed by atoms with Crippen molar-refractivity contribution in [3.63, 3.8) is 0 Å². The molecule has 3 amide bonds. The third-order valence-electron chi connectivity index (χ3n) is 5.17. The summed E-state index contributed by atoms with van der Waals surface area (Å²) in [6.45, 7) is 0.991. The maximum Gasteiger partial charge on any atom is 0.321 e. The van der Waals surface area contributed by atoms with E-state index >= 15 is 0 Å². The summed E-state index contributed by atoms with van der Waals surface area (Å²) in [7, 11) is 1.66. The molecule has 0 aromatic heterocycles. The zero-order valence-corrected chi connectivity index (χ0v) is 16.6. The van der Waals surface area contributed by atoms with E-state index in [1.54, 1.807) is 48.3 Å². The van der Waals surface area contributed by atoms with Crippen LogP contribution in [0.5, 0.6) is 0 Å². The fraction of sp³-hybridized carbons (Fsp3) is 0.167. The standard InChI is InChI=1S/C24H22FN3O2/c1-27(16-17-9-11-20(25)12-10-17)24(30)26-21-7-4-6-19(15-21)23(29)28-14-13-18-5-2-3-8-22(18)28/h2-12,15H,13-14,16H2,1H3,(H,26,30). The Hall–Kier alpha value is -3.67. The Morgan fingerprint density at radius 1 is 1.03 bits per heavy atom. The summed E-state index contributed by atoms with van der Waals surface area (Å²) in [5.41, 5.74) is 3.99. The van der Waals surface area contributed by atoms with Crippen molar-refractivity contribution in [2.75, 3.05) is 23.8 Å². The van der Waals surface area contributed by atoms with Crippen LogP contribution in [0.4, 0.5) is 20.6 Å². The normalized spacial score (nSPS) is 12.4. The maximum atomic E-state index is 13.0. The second-order valence-corrected chi connectivity index (χ2v) is 7.33. The molecule has 1 aliphatic heterocycles. The molecule has 0 saturated carbocycles. The number of hydrogen-bond acceptors (Lipinski definition) is 2. The first-order valence-corrected chi connectivity index (χ1v) is 9.77. The lowest BCUT2D eigenvalue weighted by Crippen LogP contribution is -2.31. The van der Waals surface area contributed by atoms with E-state index < -0.39 is 0 Å². The van der Waals surface area contributed by atoms with Gasteiger partial charge in [0.05, 0.1) is 0 Å². The number of hydrogen-bond donors (Lipinski definition) is 1. The van der Waals surface area contributed by atoms with E-state index in [4.69, 9.17) is 0 Å². The number of para-hydroxylation sites is 1. The van der Waals surface area contributed by atoms with E-state index in [1.165, 1.54) is 17.0 Å². The van der Waals surface area contributed by atoms with E-state index in [0.29, 0.717) is 24.3 Å². The summed E-state index contributed by atoms with van der Waals surface area (Å²) >= 11 is 0. The number of fused-ring (bicyclic) bond motifs is 1. The van der Waals surface area contributed by atoms with Gasteiger partial charge in [0.15, 0.2) is 0 Å². The van der Waals surface area contributed by atoms with Crippen molar-refractivity contribution >= 4 is 23.3 Å². The molecule has 0 radical (unpaired) electrons. The molecule has 0 fully saturated rings. The quantitative estimate of drug-likeness (QED) is 0.687. The lowest BCUT2D eigenvalue weighted by atomic mass is 10.1. The molecule has 0 unspecified atom stereocenters. The molecule has 0 bridgehead atoms. The van der Waals surface area contributed by atoms with Crippen LogP contribution in [0.15, 0.2) is 72.8 Å². The number of rotatable bonds is 4. The van der Waals surface area contributed by atoms with Gasteiger partial charge in [-0.1, -0.05) is 36.4 Å². The van der Waals surface area contributed by atoms with Crippen LogP contribution in [-0.2, 0) is 13.0 Å². The summed E-state index contributed by atoms with van der Waals surface area (Å²) in [6.07, 6.45) is 0.840. The van der Waals surface area contributed by atoms with Gasteiger partial charge >= 0.3 is 6.03 Å². The molecule has 0 aliphatic carbocycles. The molecule has 1 aliphatic rings. The summed E-state index contributed by atoms with van der Waals surface area (Å²) in [4.78, 5) is 28.8. The number of carbonyl (C=O) groups excluding carboxylic acids is 2. The Bertz CT molecular complexity index is 1080. The first-order chi connectivity index (χ1) is 14.5. The van der Waals surface area contributed by atoms with Crippen LogP contribution in [0.1, 0.15) is 21.5 Å². The van der Waals surface area contributed by atoms with Crippen molar-refractivity contribution < 1.29 is 14.0 Å². The Kier molecular flexibility index (Phi) is 5.48. The average Bonchev–Trinajstić information content (AvgIpc) is 3.19. The molecule has 6 heteroatoms. The highest BCUT2D eigenvalue weighted by atomic mass is 19.1. The minimum absolute atomic E-state index is 0.0873. The molecular formula is C24H22FN3O2. The van der Waals surface area contributed by atoms with Gasteiger partial charge in [0.25, 0.3) is 5.91 Å². The fourth-order valence-electron chi connectivity index (χ4n) is 3.59. The van der Waals surface area contributed by atoms with Crippen LogP contribution in [0.3, 0.4) is 0 Å². The molecule has 1 heterocycles. The average molecular weight is 403 g/mol.